The normalized spacial score (nSPS) is 11.7. The van der Waals surface area contributed by atoms with Crippen molar-refractivity contribution in [3.05, 3.63) is 87.7 Å². The Labute approximate surface area is 168 Å². The third kappa shape index (κ3) is 3.56. The number of nitrogens with zero attached hydrogens (tertiary/aromatic N) is 2. The summed E-state index contributed by atoms with van der Waals surface area (Å²) in [6.07, 6.45) is -4.47. The van der Waals surface area contributed by atoms with E-state index in [2.05, 4.69) is 4.98 Å². The summed E-state index contributed by atoms with van der Waals surface area (Å²) in [7, 11) is 0. The number of benzene rings is 3. The van der Waals surface area contributed by atoms with E-state index in [1.165, 1.54) is 12.1 Å². The molecule has 4 rings (SSSR count). The van der Waals surface area contributed by atoms with Crippen molar-refractivity contribution in [2.75, 3.05) is 5.73 Å². The zero-order valence-corrected chi connectivity index (χ0v) is 15.5. The van der Waals surface area contributed by atoms with Gasteiger partial charge in [-0.25, -0.2) is 9.55 Å². The van der Waals surface area contributed by atoms with Gasteiger partial charge in [0.2, 0.25) is 5.95 Å². The molecule has 0 saturated carbocycles. The van der Waals surface area contributed by atoms with Crippen LogP contribution in [0.3, 0.4) is 0 Å². The fraction of sp³-hybridized carbons (Fsp3) is 0.0476. The highest BCUT2D eigenvalue weighted by Crippen LogP contribution is 2.30. The molecule has 0 aliphatic heterocycles. The van der Waals surface area contributed by atoms with Gasteiger partial charge in [0.1, 0.15) is 0 Å². The molecule has 0 amide bonds. The van der Waals surface area contributed by atoms with Gasteiger partial charge in [-0.3, -0.25) is 4.79 Å². The maximum absolute atomic E-state index is 13.1. The van der Waals surface area contributed by atoms with E-state index in [0.29, 0.717) is 10.5 Å². The molecule has 1 heterocycles. The highest BCUT2D eigenvalue weighted by Gasteiger charge is 2.30. The molecule has 0 radical (unpaired) electrons. The third-order valence-corrected chi connectivity index (χ3v) is 4.74. The van der Waals surface area contributed by atoms with E-state index in [-0.39, 0.29) is 17.0 Å². The Kier molecular flexibility index (Phi) is 4.55. The van der Waals surface area contributed by atoms with Crippen LogP contribution in [0.2, 0.25) is 5.02 Å². The predicted molar refractivity (Wildman–Crippen MR) is 107 cm³/mol. The minimum atomic E-state index is -4.47. The van der Waals surface area contributed by atoms with E-state index in [4.69, 9.17) is 17.3 Å². The van der Waals surface area contributed by atoms with Gasteiger partial charge in [-0.05, 0) is 59.7 Å². The summed E-state index contributed by atoms with van der Waals surface area (Å²) in [5.41, 5.74) is 6.79. The lowest BCUT2D eigenvalue weighted by atomic mass is 10.0. The first-order valence-electron chi connectivity index (χ1n) is 8.50. The van der Waals surface area contributed by atoms with E-state index in [1.54, 1.807) is 36.4 Å². The molecule has 0 atom stereocenters. The lowest BCUT2D eigenvalue weighted by Crippen LogP contribution is -2.23. The molecular weight excluding hydrogens is 403 g/mol. The molecule has 0 bridgehead atoms. The smallest absolute Gasteiger partial charge is 0.369 e. The summed E-state index contributed by atoms with van der Waals surface area (Å²) in [5.74, 6) is -0.113. The number of aromatic nitrogens is 2. The Morgan fingerprint density at radius 2 is 1.62 bits per heavy atom. The number of halogens is 4. The van der Waals surface area contributed by atoms with Crippen LogP contribution >= 0.6 is 11.6 Å². The number of hydrogen-bond donors (Lipinski definition) is 1. The van der Waals surface area contributed by atoms with Crippen LogP contribution in [-0.4, -0.2) is 9.55 Å². The number of nitrogen functional groups attached to an aromatic ring is 1. The second-order valence-electron chi connectivity index (χ2n) is 6.40. The van der Waals surface area contributed by atoms with Gasteiger partial charge in [-0.1, -0.05) is 29.8 Å². The van der Waals surface area contributed by atoms with Crippen molar-refractivity contribution in [2.24, 2.45) is 0 Å². The zero-order chi connectivity index (χ0) is 20.8. The maximum Gasteiger partial charge on any atom is 0.416 e. The Hall–Kier alpha value is -3.32. The highest BCUT2D eigenvalue weighted by molar-refractivity contribution is 6.30. The van der Waals surface area contributed by atoms with Gasteiger partial charge >= 0.3 is 6.18 Å². The van der Waals surface area contributed by atoms with E-state index >= 15 is 0 Å². The molecule has 4 aromatic rings. The molecule has 1 aromatic heterocycles. The first kappa shape index (κ1) is 19.0. The molecule has 29 heavy (non-hydrogen) atoms. The van der Waals surface area contributed by atoms with E-state index in [9.17, 15) is 18.0 Å². The Balaban J connectivity index is 1.88. The molecule has 0 fully saturated rings. The number of hydrogen-bond acceptors (Lipinski definition) is 3. The van der Waals surface area contributed by atoms with Crippen molar-refractivity contribution in [3.8, 4) is 16.8 Å². The van der Waals surface area contributed by atoms with Gasteiger partial charge in [0.15, 0.2) is 0 Å². The Bertz CT molecular complexity index is 1280. The Morgan fingerprint density at radius 3 is 2.28 bits per heavy atom. The molecule has 4 nitrogen and oxygen atoms in total. The number of rotatable bonds is 2. The molecule has 0 aliphatic carbocycles. The van der Waals surface area contributed by atoms with Gasteiger partial charge in [-0.15, -0.1) is 0 Å². The van der Waals surface area contributed by atoms with Crippen LogP contribution in [0.15, 0.2) is 71.5 Å². The second kappa shape index (κ2) is 6.93. The molecule has 8 heteroatoms. The average molecular weight is 416 g/mol. The molecule has 0 spiro atoms. The molecule has 0 unspecified atom stereocenters. The number of alkyl halides is 3. The molecule has 146 valence electrons. The lowest BCUT2D eigenvalue weighted by molar-refractivity contribution is -0.137. The molecule has 0 aliphatic rings. The SMILES string of the molecule is Nc1nc2ccc(-c3cccc(Cl)c3)cc2c(=O)n1-c1ccc(C(F)(F)F)cc1. The van der Waals surface area contributed by atoms with Crippen LogP contribution in [0.4, 0.5) is 19.1 Å². The largest absolute Gasteiger partial charge is 0.416 e. The standard InChI is InChI=1S/C21H13ClF3N3O/c22-15-3-1-2-12(10-15)13-4-9-18-17(11-13)19(29)28(20(26)27-18)16-7-5-14(6-8-16)21(23,24)25/h1-11H,(H2,26,27). The van der Waals surface area contributed by atoms with Crippen LogP contribution in [0, 0.1) is 0 Å². The first-order chi connectivity index (χ1) is 13.7. The molecule has 0 saturated heterocycles. The predicted octanol–water partition coefficient (Wildman–Crippen LogP) is 5.31. The number of fused-ring (bicyclic) bond motifs is 1. The monoisotopic (exact) mass is 415 g/mol. The van der Waals surface area contributed by atoms with Crippen molar-refractivity contribution in [1.82, 2.24) is 9.55 Å². The zero-order valence-electron chi connectivity index (χ0n) is 14.7. The van der Waals surface area contributed by atoms with Crippen LogP contribution < -0.4 is 11.3 Å². The van der Waals surface area contributed by atoms with E-state index in [1.807, 2.05) is 6.07 Å². The number of nitrogens with two attached hydrogens (primary N) is 1. The van der Waals surface area contributed by atoms with E-state index < -0.39 is 17.3 Å². The molecular formula is C21H13ClF3N3O. The van der Waals surface area contributed by atoms with Crippen LogP contribution in [0.1, 0.15) is 5.56 Å². The Morgan fingerprint density at radius 1 is 0.931 bits per heavy atom. The lowest BCUT2D eigenvalue weighted by Gasteiger charge is -2.12. The summed E-state index contributed by atoms with van der Waals surface area (Å²) in [6, 6.07) is 16.5. The van der Waals surface area contributed by atoms with Gasteiger partial charge in [0.25, 0.3) is 5.56 Å². The summed E-state index contributed by atoms with van der Waals surface area (Å²) in [5, 5.41) is 0.844. The minimum absolute atomic E-state index is 0.113. The number of anilines is 1. The van der Waals surface area contributed by atoms with Crippen LogP contribution in [0.5, 0.6) is 0 Å². The summed E-state index contributed by atoms with van der Waals surface area (Å²) in [4.78, 5) is 17.3. The van der Waals surface area contributed by atoms with Crippen molar-refractivity contribution < 1.29 is 13.2 Å². The van der Waals surface area contributed by atoms with Gasteiger partial charge < -0.3 is 5.73 Å². The summed E-state index contributed by atoms with van der Waals surface area (Å²) < 4.78 is 39.5. The van der Waals surface area contributed by atoms with Gasteiger partial charge in [0, 0.05) is 5.02 Å². The minimum Gasteiger partial charge on any atom is -0.369 e. The van der Waals surface area contributed by atoms with Crippen molar-refractivity contribution in [1.29, 1.82) is 0 Å². The summed E-state index contributed by atoms with van der Waals surface area (Å²) >= 11 is 6.04. The van der Waals surface area contributed by atoms with E-state index in [0.717, 1.165) is 27.8 Å². The maximum atomic E-state index is 13.1. The third-order valence-electron chi connectivity index (χ3n) is 4.50. The topological polar surface area (TPSA) is 60.9 Å². The van der Waals surface area contributed by atoms with Crippen molar-refractivity contribution >= 4 is 28.5 Å². The first-order valence-corrected chi connectivity index (χ1v) is 8.88. The highest BCUT2D eigenvalue weighted by atomic mass is 35.5. The fourth-order valence-corrected chi connectivity index (χ4v) is 3.29. The van der Waals surface area contributed by atoms with Gasteiger partial charge in [0.05, 0.1) is 22.2 Å². The second-order valence-corrected chi connectivity index (χ2v) is 6.83. The van der Waals surface area contributed by atoms with Crippen LogP contribution in [0.25, 0.3) is 27.7 Å². The molecule has 3 aromatic carbocycles. The van der Waals surface area contributed by atoms with Gasteiger partial charge in [-0.2, -0.15) is 13.2 Å². The quantitative estimate of drug-likeness (QED) is 0.483. The van der Waals surface area contributed by atoms with Crippen LogP contribution in [-0.2, 0) is 6.18 Å². The average Bonchev–Trinajstić information content (AvgIpc) is 2.67. The molecule has 2 N–H and O–H groups in total. The van der Waals surface area contributed by atoms with Crippen molar-refractivity contribution in [3.63, 3.8) is 0 Å². The summed E-state index contributed by atoms with van der Waals surface area (Å²) in [6.45, 7) is 0. The fourth-order valence-electron chi connectivity index (χ4n) is 3.10. The van der Waals surface area contributed by atoms with Crippen molar-refractivity contribution in [2.45, 2.75) is 6.18 Å².